The van der Waals surface area contributed by atoms with Gasteiger partial charge < -0.3 is 4.57 Å². The van der Waals surface area contributed by atoms with E-state index >= 15 is 0 Å². The number of hydrogen-bond acceptors (Lipinski definition) is 4. The van der Waals surface area contributed by atoms with Crippen molar-refractivity contribution in [3.8, 4) is 0 Å². The van der Waals surface area contributed by atoms with Crippen molar-refractivity contribution in [2.24, 2.45) is 0 Å². The van der Waals surface area contributed by atoms with Crippen LogP contribution in [0.4, 0.5) is 18.3 Å². The molecule has 0 saturated carbocycles. The maximum absolute atomic E-state index is 13.2. The molecule has 0 saturated heterocycles. The summed E-state index contributed by atoms with van der Waals surface area (Å²) in [6, 6.07) is 9.62. The van der Waals surface area contributed by atoms with E-state index in [2.05, 4.69) is 9.97 Å². The van der Waals surface area contributed by atoms with E-state index in [1.54, 1.807) is 36.9 Å². The molecule has 2 heterocycles. The van der Waals surface area contributed by atoms with Gasteiger partial charge in [0.15, 0.2) is 5.13 Å². The SMILES string of the molecule is O=C(c1cccc(C(F)(F)F)c1)N(CCCn1ccnc1)c1nc2ccc(Cl)cc2s1. The van der Waals surface area contributed by atoms with Gasteiger partial charge in [-0.25, -0.2) is 9.97 Å². The molecule has 0 atom stereocenters. The van der Waals surface area contributed by atoms with Crippen LogP contribution in [0, 0.1) is 0 Å². The van der Waals surface area contributed by atoms with E-state index in [0.29, 0.717) is 28.6 Å². The van der Waals surface area contributed by atoms with Gasteiger partial charge in [0.05, 0.1) is 22.1 Å². The summed E-state index contributed by atoms with van der Waals surface area (Å²) in [5.41, 5.74) is -0.247. The van der Waals surface area contributed by atoms with Crippen molar-refractivity contribution in [1.29, 1.82) is 0 Å². The molecule has 0 aliphatic carbocycles. The van der Waals surface area contributed by atoms with Gasteiger partial charge in [-0.1, -0.05) is 29.0 Å². The lowest BCUT2D eigenvalue weighted by Crippen LogP contribution is -2.32. The number of rotatable bonds is 6. The molecule has 0 bridgehead atoms. The molecule has 31 heavy (non-hydrogen) atoms. The summed E-state index contributed by atoms with van der Waals surface area (Å²) in [5.74, 6) is -0.540. The van der Waals surface area contributed by atoms with Crippen LogP contribution >= 0.6 is 22.9 Å². The number of alkyl halides is 3. The van der Waals surface area contributed by atoms with Crippen molar-refractivity contribution < 1.29 is 18.0 Å². The molecule has 0 radical (unpaired) electrons. The van der Waals surface area contributed by atoms with Crippen molar-refractivity contribution in [3.05, 3.63) is 77.3 Å². The first kappa shape index (κ1) is 21.3. The van der Waals surface area contributed by atoms with E-state index < -0.39 is 17.6 Å². The molecule has 160 valence electrons. The summed E-state index contributed by atoms with van der Waals surface area (Å²) in [5, 5.41) is 0.948. The van der Waals surface area contributed by atoms with Crippen molar-refractivity contribution in [2.75, 3.05) is 11.4 Å². The fourth-order valence-electron chi connectivity index (χ4n) is 3.10. The molecule has 10 heteroatoms. The second-order valence-electron chi connectivity index (χ2n) is 6.80. The number of imidazole rings is 1. The lowest BCUT2D eigenvalue weighted by molar-refractivity contribution is -0.137. The molecule has 4 rings (SSSR count). The van der Waals surface area contributed by atoms with Gasteiger partial charge in [0.1, 0.15) is 0 Å². The van der Waals surface area contributed by atoms with Crippen LogP contribution in [0.2, 0.25) is 5.02 Å². The third-order valence-electron chi connectivity index (χ3n) is 4.61. The fraction of sp³-hybridized carbons (Fsp3) is 0.190. The number of hydrogen-bond donors (Lipinski definition) is 0. The van der Waals surface area contributed by atoms with Crippen LogP contribution in [-0.2, 0) is 12.7 Å². The number of halogens is 4. The zero-order valence-electron chi connectivity index (χ0n) is 16.0. The first-order chi connectivity index (χ1) is 14.8. The van der Waals surface area contributed by atoms with Crippen LogP contribution in [0.3, 0.4) is 0 Å². The molecule has 0 unspecified atom stereocenters. The minimum absolute atomic E-state index is 0.0465. The van der Waals surface area contributed by atoms with Crippen LogP contribution in [-0.4, -0.2) is 27.0 Å². The van der Waals surface area contributed by atoms with Gasteiger partial charge in [-0.3, -0.25) is 9.69 Å². The number of amides is 1. The van der Waals surface area contributed by atoms with E-state index in [1.807, 2.05) is 4.57 Å². The maximum Gasteiger partial charge on any atom is 0.416 e. The average molecular weight is 465 g/mol. The Morgan fingerprint density at radius 2 is 2.03 bits per heavy atom. The Morgan fingerprint density at radius 1 is 1.19 bits per heavy atom. The highest BCUT2D eigenvalue weighted by atomic mass is 35.5. The number of carbonyl (C=O) groups excluding carboxylic acids is 1. The Morgan fingerprint density at radius 3 is 2.77 bits per heavy atom. The lowest BCUT2D eigenvalue weighted by Gasteiger charge is -2.20. The van der Waals surface area contributed by atoms with Gasteiger partial charge in [0.2, 0.25) is 0 Å². The summed E-state index contributed by atoms with van der Waals surface area (Å²) in [6.45, 7) is 0.879. The van der Waals surface area contributed by atoms with Crippen molar-refractivity contribution >= 4 is 44.2 Å². The molecular weight excluding hydrogens is 449 g/mol. The van der Waals surface area contributed by atoms with E-state index in [-0.39, 0.29) is 12.1 Å². The van der Waals surface area contributed by atoms with Gasteiger partial charge >= 0.3 is 6.18 Å². The predicted octanol–water partition coefficient (Wildman–Crippen LogP) is 5.90. The minimum Gasteiger partial charge on any atom is -0.337 e. The molecule has 0 spiro atoms. The zero-order valence-corrected chi connectivity index (χ0v) is 17.6. The number of aryl methyl sites for hydroxylation is 1. The van der Waals surface area contributed by atoms with Gasteiger partial charge in [-0.2, -0.15) is 13.2 Å². The first-order valence-corrected chi connectivity index (χ1v) is 10.5. The van der Waals surface area contributed by atoms with E-state index in [4.69, 9.17) is 11.6 Å². The van der Waals surface area contributed by atoms with Gasteiger partial charge in [-0.15, -0.1) is 0 Å². The number of carbonyl (C=O) groups is 1. The minimum atomic E-state index is -4.53. The third kappa shape index (κ3) is 4.88. The number of benzene rings is 2. The van der Waals surface area contributed by atoms with Crippen molar-refractivity contribution in [1.82, 2.24) is 14.5 Å². The van der Waals surface area contributed by atoms with Crippen LogP contribution in [0.15, 0.2) is 61.2 Å². The fourth-order valence-corrected chi connectivity index (χ4v) is 4.37. The van der Waals surface area contributed by atoms with Gasteiger partial charge in [0.25, 0.3) is 5.91 Å². The van der Waals surface area contributed by atoms with Crippen LogP contribution in [0.25, 0.3) is 10.2 Å². The highest BCUT2D eigenvalue weighted by Crippen LogP contribution is 2.33. The zero-order chi connectivity index (χ0) is 22.0. The maximum atomic E-state index is 13.2. The Labute approximate surface area is 184 Å². The lowest BCUT2D eigenvalue weighted by atomic mass is 10.1. The predicted molar refractivity (Wildman–Crippen MR) is 115 cm³/mol. The number of aromatic nitrogens is 3. The number of thiazole rings is 1. The highest BCUT2D eigenvalue weighted by Gasteiger charge is 2.31. The van der Waals surface area contributed by atoms with E-state index in [9.17, 15) is 18.0 Å². The van der Waals surface area contributed by atoms with Crippen LogP contribution in [0.5, 0.6) is 0 Å². The summed E-state index contributed by atoms with van der Waals surface area (Å²) in [6.07, 6.45) is 1.16. The quantitative estimate of drug-likeness (QED) is 0.357. The second-order valence-corrected chi connectivity index (χ2v) is 8.24. The molecule has 1 amide bonds. The van der Waals surface area contributed by atoms with Crippen molar-refractivity contribution in [3.63, 3.8) is 0 Å². The number of anilines is 1. The summed E-state index contributed by atoms with van der Waals surface area (Å²) in [4.78, 5) is 23.2. The Bertz CT molecular complexity index is 1210. The standard InChI is InChI=1S/C21H16ClF3N4OS/c22-16-5-6-17-18(12-16)31-20(27-17)29(9-2-8-28-10-7-26-13-28)19(30)14-3-1-4-15(11-14)21(23,24)25/h1,3-7,10-13H,2,8-9H2. The third-order valence-corrected chi connectivity index (χ3v) is 5.89. The summed E-state index contributed by atoms with van der Waals surface area (Å²) in [7, 11) is 0. The molecule has 2 aromatic carbocycles. The largest absolute Gasteiger partial charge is 0.416 e. The molecule has 2 aromatic heterocycles. The first-order valence-electron chi connectivity index (χ1n) is 9.32. The topological polar surface area (TPSA) is 51.0 Å². The normalized spacial score (nSPS) is 11.7. The van der Waals surface area contributed by atoms with Gasteiger partial charge in [-0.05, 0) is 42.8 Å². The Balaban J connectivity index is 1.66. The second kappa shape index (κ2) is 8.68. The molecule has 0 aliphatic rings. The Kier molecular flexibility index (Phi) is 5.97. The number of nitrogens with zero attached hydrogens (tertiary/aromatic N) is 4. The molecule has 5 nitrogen and oxygen atoms in total. The van der Waals surface area contributed by atoms with E-state index in [1.165, 1.54) is 28.4 Å². The summed E-state index contributed by atoms with van der Waals surface area (Å²) < 4.78 is 42.1. The van der Waals surface area contributed by atoms with Crippen LogP contribution < -0.4 is 4.90 Å². The molecule has 4 aromatic rings. The highest BCUT2D eigenvalue weighted by molar-refractivity contribution is 7.22. The van der Waals surface area contributed by atoms with Crippen molar-refractivity contribution in [2.45, 2.75) is 19.1 Å². The van der Waals surface area contributed by atoms with Gasteiger partial charge in [0, 0.05) is 36.1 Å². The number of fused-ring (bicyclic) bond motifs is 1. The molecule has 0 aliphatic heterocycles. The summed E-state index contributed by atoms with van der Waals surface area (Å²) >= 11 is 7.32. The molecule has 0 N–H and O–H groups in total. The smallest absolute Gasteiger partial charge is 0.337 e. The monoisotopic (exact) mass is 464 g/mol. The molecule has 0 fully saturated rings. The Hall–Kier alpha value is -2.91. The average Bonchev–Trinajstić information content (AvgIpc) is 3.39. The molecular formula is C21H16ClF3N4OS. The van der Waals surface area contributed by atoms with Crippen LogP contribution in [0.1, 0.15) is 22.3 Å². The van der Waals surface area contributed by atoms with E-state index in [0.717, 1.165) is 16.8 Å².